The van der Waals surface area contributed by atoms with Crippen LogP contribution in [-0.4, -0.2) is 11.1 Å². The van der Waals surface area contributed by atoms with E-state index in [1.54, 1.807) is 0 Å². The highest BCUT2D eigenvalue weighted by Gasteiger charge is 2.10. The Balaban J connectivity index is 1.73. The molecule has 2 aromatic carbocycles. The summed E-state index contributed by atoms with van der Waals surface area (Å²) >= 11 is 6.29. The number of furan rings is 1. The molecule has 0 radical (unpaired) electrons. The summed E-state index contributed by atoms with van der Waals surface area (Å²) in [5.41, 5.74) is 3.68. The number of anilines is 1. The first-order valence-corrected chi connectivity index (χ1v) is 8.22. The van der Waals surface area contributed by atoms with E-state index in [0.29, 0.717) is 12.1 Å². The zero-order chi connectivity index (χ0) is 17.1. The van der Waals surface area contributed by atoms with Crippen LogP contribution in [0, 0.1) is 0 Å². The van der Waals surface area contributed by atoms with Gasteiger partial charge in [-0.15, -0.1) is 0 Å². The number of carbonyl (C=O) groups is 1. The van der Waals surface area contributed by atoms with E-state index in [0.717, 1.165) is 40.1 Å². The lowest BCUT2D eigenvalue weighted by Gasteiger charge is -2.09. The molecule has 0 aliphatic heterocycles. The molecule has 0 aliphatic carbocycles. The molecule has 4 nitrogen and oxygen atoms in total. The van der Waals surface area contributed by atoms with Gasteiger partial charge in [-0.05, 0) is 41.8 Å². The van der Waals surface area contributed by atoms with E-state index in [1.807, 2.05) is 36.4 Å². The molecule has 24 heavy (non-hydrogen) atoms. The minimum absolute atomic E-state index is 0.0478. The van der Waals surface area contributed by atoms with Gasteiger partial charge in [-0.2, -0.15) is 0 Å². The summed E-state index contributed by atoms with van der Waals surface area (Å²) in [6, 6.07) is 13.2. The van der Waals surface area contributed by atoms with Crippen LogP contribution < -0.4 is 5.32 Å². The molecule has 5 heteroatoms. The molecular weight excluding hydrogens is 326 g/mol. The average Bonchev–Trinajstić information content (AvgIpc) is 2.99. The Bertz CT molecular complexity index is 885. The van der Waals surface area contributed by atoms with E-state index >= 15 is 0 Å². The van der Waals surface area contributed by atoms with E-state index in [9.17, 15) is 4.79 Å². The van der Waals surface area contributed by atoms with Gasteiger partial charge in [0.2, 0.25) is 5.76 Å². The van der Waals surface area contributed by atoms with Crippen molar-refractivity contribution in [2.24, 2.45) is 0 Å². The summed E-state index contributed by atoms with van der Waals surface area (Å²) in [6.45, 7) is 2.73. The number of halogens is 1. The smallest absolute Gasteiger partial charge is 0.371 e. The summed E-state index contributed by atoms with van der Waals surface area (Å²) in [7, 11) is 0. The quantitative estimate of drug-likeness (QED) is 0.633. The van der Waals surface area contributed by atoms with Crippen LogP contribution in [-0.2, 0) is 13.0 Å². The van der Waals surface area contributed by atoms with Crippen LogP contribution in [0.2, 0.25) is 5.02 Å². The summed E-state index contributed by atoms with van der Waals surface area (Å²) in [6.07, 6.45) is 2.04. The first-order valence-electron chi connectivity index (χ1n) is 7.85. The van der Waals surface area contributed by atoms with Crippen molar-refractivity contribution < 1.29 is 14.3 Å². The number of benzene rings is 2. The Labute approximate surface area is 145 Å². The second-order valence-corrected chi connectivity index (χ2v) is 6.10. The van der Waals surface area contributed by atoms with Gasteiger partial charge < -0.3 is 14.8 Å². The SMILES string of the molecule is CCCc1ccc(NCc2ccc3cc(C(=O)O)oc3c2)cc1Cl. The molecule has 0 saturated heterocycles. The molecular formula is C19H18ClNO3. The summed E-state index contributed by atoms with van der Waals surface area (Å²) < 4.78 is 5.34. The van der Waals surface area contributed by atoms with Gasteiger partial charge in [0.15, 0.2) is 0 Å². The third kappa shape index (κ3) is 3.54. The minimum atomic E-state index is -1.06. The molecule has 3 aromatic rings. The molecule has 0 fully saturated rings. The van der Waals surface area contributed by atoms with Crippen molar-refractivity contribution in [2.75, 3.05) is 5.32 Å². The van der Waals surface area contributed by atoms with E-state index in [2.05, 4.69) is 12.2 Å². The van der Waals surface area contributed by atoms with Gasteiger partial charge in [-0.3, -0.25) is 0 Å². The predicted molar refractivity (Wildman–Crippen MR) is 95.9 cm³/mol. The van der Waals surface area contributed by atoms with Crippen LogP contribution in [0.1, 0.15) is 35.0 Å². The standard InChI is InChI=1S/C19H18ClNO3/c1-2-3-13-6-7-15(10-16(13)20)21-11-12-4-5-14-9-18(19(22)23)24-17(14)8-12/h4-10,21H,2-3,11H2,1H3,(H,22,23). The zero-order valence-corrected chi connectivity index (χ0v) is 14.1. The maximum Gasteiger partial charge on any atom is 0.371 e. The average molecular weight is 344 g/mol. The fourth-order valence-electron chi connectivity index (χ4n) is 2.62. The number of aryl methyl sites for hydroxylation is 1. The van der Waals surface area contributed by atoms with Crippen LogP contribution >= 0.6 is 11.6 Å². The van der Waals surface area contributed by atoms with E-state index < -0.39 is 5.97 Å². The molecule has 0 atom stereocenters. The van der Waals surface area contributed by atoms with Gasteiger partial charge in [0, 0.05) is 22.6 Å². The fourth-order valence-corrected chi connectivity index (χ4v) is 2.90. The number of carboxylic acids is 1. The maximum absolute atomic E-state index is 11.0. The Kier molecular flexibility index (Phi) is 4.76. The zero-order valence-electron chi connectivity index (χ0n) is 13.3. The number of nitrogens with one attached hydrogen (secondary N) is 1. The van der Waals surface area contributed by atoms with Crippen LogP contribution in [0.15, 0.2) is 46.9 Å². The van der Waals surface area contributed by atoms with Crippen molar-refractivity contribution >= 4 is 34.2 Å². The highest BCUT2D eigenvalue weighted by molar-refractivity contribution is 6.31. The Hall–Kier alpha value is -2.46. The van der Waals surface area contributed by atoms with Gasteiger partial charge in [-0.25, -0.2) is 4.79 Å². The number of rotatable bonds is 6. The van der Waals surface area contributed by atoms with Crippen molar-refractivity contribution in [2.45, 2.75) is 26.3 Å². The molecule has 2 N–H and O–H groups in total. The molecule has 124 valence electrons. The first kappa shape index (κ1) is 16.4. The highest BCUT2D eigenvalue weighted by atomic mass is 35.5. The van der Waals surface area contributed by atoms with Crippen molar-refractivity contribution in [3.8, 4) is 0 Å². The number of fused-ring (bicyclic) bond motifs is 1. The van der Waals surface area contributed by atoms with Crippen LogP contribution in [0.3, 0.4) is 0 Å². The van der Waals surface area contributed by atoms with Crippen molar-refractivity contribution in [1.82, 2.24) is 0 Å². The molecule has 0 unspecified atom stereocenters. The summed E-state index contributed by atoms with van der Waals surface area (Å²) in [5.74, 6) is -1.11. The summed E-state index contributed by atoms with van der Waals surface area (Å²) in [5, 5.41) is 13.9. The summed E-state index contributed by atoms with van der Waals surface area (Å²) in [4.78, 5) is 11.0. The fraction of sp³-hybridized carbons (Fsp3) is 0.211. The normalized spacial score (nSPS) is 10.9. The maximum atomic E-state index is 11.0. The van der Waals surface area contributed by atoms with Crippen LogP contribution in [0.5, 0.6) is 0 Å². The lowest BCUT2D eigenvalue weighted by molar-refractivity contribution is 0.0665. The van der Waals surface area contributed by atoms with Gasteiger partial charge in [0.05, 0.1) is 0 Å². The molecule has 0 bridgehead atoms. The largest absolute Gasteiger partial charge is 0.475 e. The number of aromatic carboxylic acids is 1. The van der Waals surface area contributed by atoms with Crippen molar-refractivity contribution in [3.63, 3.8) is 0 Å². The van der Waals surface area contributed by atoms with Crippen LogP contribution in [0.25, 0.3) is 11.0 Å². The predicted octanol–water partition coefficient (Wildman–Crippen LogP) is 5.35. The van der Waals surface area contributed by atoms with Crippen molar-refractivity contribution in [3.05, 3.63) is 64.4 Å². The Morgan fingerprint density at radius 2 is 2.04 bits per heavy atom. The van der Waals surface area contributed by atoms with E-state index in [1.165, 1.54) is 6.07 Å². The highest BCUT2D eigenvalue weighted by Crippen LogP contribution is 2.24. The first-order chi connectivity index (χ1) is 11.6. The van der Waals surface area contributed by atoms with Crippen LogP contribution in [0.4, 0.5) is 5.69 Å². The second-order valence-electron chi connectivity index (χ2n) is 5.70. The third-order valence-electron chi connectivity index (χ3n) is 3.86. The monoisotopic (exact) mass is 343 g/mol. The van der Waals surface area contributed by atoms with E-state index in [4.69, 9.17) is 21.1 Å². The molecule has 0 amide bonds. The Morgan fingerprint density at radius 1 is 1.21 bits per heavy atom. The molecule has 3 rings (SSSR count). The third-order valence-corrected chi connectivity index (χ3v) is 4.22. The van der Waals surface area contributed by atoms with Crippen molar-refractivity contribution in [1.29, 1.82) is 0 Å². The number of hydrogen-bond acceptors (Lipinski definition) is 3. The van der Waals surface area contributed by atoms with E-state index in [-0.39, 0.29) is 5.76 Å². The molecule has 0 aliphatic rings. The lowest BCUT2D eigenvalue weighted by atomic mass is 10.1. The lowest BCUT2D eigenvalue weighted by Crippen LogP contribution is -1.99. The number of carboxylic acid groups (broad SMARTS) is 1. The molecule has 0 saturated carbocycles. The number of hydrogen-bond donors (Lipinski definition) is 2. The molecule has 1 aromatic heterocycles. The van der Waals surface area contributed by atoms with Gasteiger partial charge in [-0.1, -0.05) is 43.1 Å². The van der Waals surface area contributed by atoms with Gasteiger partial charge in [0.1, 0.15) is 5.58 Å². The second kappa shape index (κ2) is 6.97. The van der Waals surface area contributed by atoms with Gasteiger partial charge >= 0.3 is 5.97 Å². The van der Waals surface area contributed by atoms with Gasteiger partial charge in [0.25, 0.3) is 0 Å². The Morgan fingerprint density at radius 3 is 2.75 bits per heavy atom. The topological polar surface area (TPSA) is 62.5 Å². The minimum Gasteiger partial charge on any atom is -0.475 e. The molecule has 1 heterocycles. The molecule has 0 spiro atoms.